The lowest BCUT2D eigenvalue weighted by atomic mass is 10.0. The van der Waals surface area contributed by atoms with Crippen LogP contribution in [0.2, 0.25) is 0 Å². The first kappa shape index (κ1) is 11.9. The van der Waals surface area contributed by atoms with Gasteiger partial charge in [0.1, 0.15) is 5.82 Å². The van der Waals surface area contributed by atoms with Gasteiger partial charge in [-0.3, -0.25) is 0 Å². The van der Waals surface area contributed by atoms with E-state index >= 15 is 0 Å². The summed E-state index contributed by atoms with van der Waals surface area (Å²) in [6.07, 6.45) is 5.45. The van der Waals surface area contributed by atoms with Crippen molar-refractivity contribution < 1.29 is 4.79 Å². The fraction of sp³-hybridized carbons (Fsp3) is 0.636. The molecule has 1 aromatic heterocycles. The maximum Gasteiger partial charge on any atom is 0.314 e. The average molecular weight is 237 g/mol. The Morgan fingerprint density at radius 1 is 1.65 bits per heavy atom. The van der Waals surface area contributed by atoms with Crippen LogP contribution in [0.5, 0.6) is 0 Å². The molecule has 1 aliphatic rings. The van der Waals surface area contributed by atoms with Gasteiger partial charge in [-0.15, -0.1) is 0 Å². The molecule has 1 aromatic rings. The van der Waals surface area contributed by atoms with Gasteiger partial charge in [0.15, 0.2) is 0 Å². The minimum Gasteiger partial charge on any atom is -0.351 e. The topological polar surface area (TPSA) is 87.0 Å². The number of likely N-dealkylation sites (tertiary alicyclic amines) is 1. The molecule has 4 N–H and O–H groups in total. The van der Waals surface area contributed by atoms with Crippen LogP contribution in [0.3, 0.4) is 0 Å². The molecule has 0 aromatic carbocycles. The summed E-state index contributed by atoms with van der Waals surface area (Å²) < 4.78 is 0. The van der Waals surface area contributed by atoms with Crippen LogP contribution in [0.15, 0.2) is 12.4 Å². The second kappa shape index (κ2) is 5.18. The largest absolute Gasteiger partial charge is 0.351 e. The molecule has 0 radical (unpaired) electrons. The number of nitrogens with zero attached hydrogens (tertiary/aromatic N) is 2. The first-order valence-electron chi connectivity index (χ1n) is 5.96. The second-order valence-corrected chi connectivity index (χ2v) is 4.46. The maximum atomic E-state index is 11.0. The minimum absolute atomic E-state index is 0.204. The predicted molar refractivity (Wildman–Crippen MR) is 64.3 cm³/mol. The smallest absolute Gasteiger partial charge is 0.314 e. The summed E-state index contributed by atoms with van der Waals surface area (Å²) in [7, 11) is 0. The van der Waals surface area contributed by atoms with Crippen LogP contribution in [-0.2, 0) is 0 Å². The Bertz CT molecular complexity index is 356. The zero-order chi connectivity index (χ0) is 12.3. The predicted octanol–water partition coefficient (Wildman–Crippen LogP) is 0.603. The van der Waals surface area contributed by atoms with Gasteiger partial charge < -0.3 is 20.9 Å². The van der Waals surface area contributed by atoms with E-state index in [0.29, 0.717) is 6.04 Å². The number of urea groups is 1. The number of hydrogen-bond donors (Lipinski definition) is 3. The van der Waals surface area contributed by atoms with Crippen molar-refractivity contribution >= 4 is 6.03 Å². The normalized spacial score (nSPS) is 19.2. The second-order valence-electron chi connectivity index (χ2n) is 4.46. The number of hydrogen-bond acceptors (Lipinski definition) is 3. The van der Waals surface area contributed by atoms with E-state index in [0.717, 1.165) is 31.8 Å². The van der Waals surface area contributed by atoms with Crippen LogP contribution < -0.4 is 11.1 Å². The number of aromatic amines is 1. The van der Waals surface area contributed by atoms with Gasteiger partial charge in [-0.25, -0.2) is 9.78 Å². The SMILES string of the molecule is CC(NC1CCN(C(N)=O)CC1)c1ncc[nH]1. The Morgan fingerprint density at radius 2 is 2.35 bits per heavy atom. The van der Waals surface area contributed by atoms with Crippen LogP contribution in [0.25, 0.3) is 0 Å². The molecule has 0 spiro atoms. The van der Waals surface area contributed by atoms with Gasteiger partial charge in [-0.2, -0.15) is 0 Å². The Kier molecular flexibility index (Phi) is 3.63. The molecule has 94 valence electrons. The van der Waals surface area contributed by atoms with Crippen LogP contribution in [0, 0.1) is 0 Å². The van der Waals surface area contributed by atoms with E-state index in [4.69, 9.17) is 5.73 Å². The fourth-order valence-electron chi connectivity index (χ4n) is 2.21. The molecule has 0 aliphatic carbocycles. The lowest BCUT2D eigenvalue weighted by Gasteiger charge is -2.32. The molecule has 6 nitrogen and oxygen atoms in total. The van der Waals surface area contributed by atoms with Crippen molar-refractivity contribution in [3.63, 3.8) is 0 Å². The third-order valence-corrected chi connectivity index (χ3v) is 3.22. The third-order valence-electron chi connectivity index (χ3n) is 3.22. The van der Waals surface area contributed by atoms with Crippen molar-refractivity contribution in [1.82, 2.24) is 20.2 Å². The number of rotatable bonds is 3. The lowest BCUT2D eigenvalue weighted by Crippen LogP contribution is -2.47. The molecular formula is C11H19N5O. The zero-order valence-corrected chi connectivity index (χ0v) is 10.0. The number of H-pyrrole nitrogens is 1. The molecule has 0 saturated carbocycles. The van der Waals surface area contributed by atoms with Gasteiger partial charge in [0.2, 0.25) is 0 Å². The Hall–Kier alpha value is -1.56. The first-order valence-corrected chi connectivity index (χ1v) is 5.96. The van der Waals surface area contributed by atoms with E-state index in [9.17, 15) is 4.79 Å². The number of imidazole rings is 1. The Balaban J connectivity index is 1.80. The van der Waals surface area contributed by atoms with Crippen molar-refractivity contribution in [3.8, 4) is 0 Å². The first-order chi connectivity index (χ1) is 8.16. The molecule has 2 rings (SSSR count). The molecule has 1 saturated heterocycles. The van der Waals surface area contributed by atoms with Crippen molar-refractivity contribution in [2.45, 2.75) is 31.8 Å². The van der Waals surface area contributed by atoms with Crippen molar-refractivity contribution in [1.29, 1.82) is 0 Å². The summed E-state index contributed by atoms with van der Waals surface area (Å²) in [5.41, 5.74) is 5.24. The van der Waals surface area contributed by atoms with Crippen LogP contribution in [0.4, 0.5) is 4.79 Å². The standard InChI is InChI=1S/C11H19N5O/c1-8(10-13-4-5-14-10)15-9-2-6-16(7-3-9)11(12)17/h4-5,8-9,15H,2-3,6-7H2,1H3,(H2,12,17)(H,13,14). The molecule has 2 amide bonds. The monoisotopic (exact) mass is 237 g/mol. The molecule has 1 atom stereocenters. The van der Waals surface area contributed by atoms with Crippen LogP contribution in [0.1, 0.15) is 31.6 Å². The maximum absolute atomic E-state index is 11.0. The van der Waals surface area contributed by atoms with Gasteiger partial charge in [-0.1, -0.05) is 0 Å². The van der Waals surface area contributed by atoms with Gasteiger partial charge >= 0.3 is 6.03 Å². The Morgan fingerprint density at radius 3 is 2.88 bits per heavy atom. The summed E-state index contributed by atoms with van der Waals surface area (Å²) in [6, 6.07) is 0.309. The number of nitrogens with two attached hydrogens (primary N) is 1. The number of piperidine rings is 1. The molecule has 2 heterocycles. The van der Waals surface area contributed by atoms with E-state index in [2.05, 4.69) is 22.2 Å². The van der Waals surface area contributed by atoms with Gasteiger partial charge in [0.05, 0.1) is 6.04 Å². The van der Waals surface area contributed by atoms with Crippen LogP contribution in [-0.4, -0.2) is 40.0 Å². The molecule has 1 unspecified atom stereocenters. The molecule has 1 fully saturated rings. The van der Waals surface area contributed by atoms with Gasteiger partial charge in [0, 0.05) is 31.5 Å². The van der Waals surface area contributed by atoms with Crippen molar-refractivity contribution in [2.24, 2.45) is 5.73 Å². The highest BCUT2D eigenvalue weighted by Gasteiger charge is 2.22. The van der Waals surface area contributed by atoms with E-state index in [-0.39, 0.29) is 12.1 Å². The summed E-state index contributed by atoms with van der Waals surface area (Å²) in [6.45, 7) is 3.55. The summed E-state index contributed by atoms with van der Waals surface area (Å²) in [4.78, 5) is 20.0. The minimum atomic E-state index is -0.317. The molecular weight excluding hydrogens is 218 g/mol. The zero-order valence-electron chi connectivity index (χ0n) is 10.0. The summed E-state index contributed by atoms with van der Waals surface area (Å²) >= 11 is 0. The number of carbonyl (C=O) groups is 1. The number of primary amides is 1. The average Bonchev–Trinajstić information content (AvgIpc) is 2.83. The highest BCUT2D eigenvalue weighted by Crippen LogP contribution is 2.14. The molecule has 6 heteroatoms. The van der Waals surface area contributed by atoms with E-state index < -0.39 is 0 Å². The lowest BCUT2D eigenvalue weighted by molar-refractivity contribution is 0.182. The summed E-state index contributed by atoms with van der Waals surface area (Å²) in [5.74, 6) is 0.947. The summed E-state index contributed by atoms with van der Waals surface area (Å²) in [5, 5.41) is 3.51. The van der Waals surface area contributed by atoms with Crippen molar-refractivity contribution in [2.75, 3.05) is 13.1 Å². The number of nitrogens with one attached hydrogen (secondary N) is 2. The highest BCUT2D eigenvalue weighted by molar-refractivity contribution is 5.72. The van der Waals surface area contributed by atoms with E-state index in [1.54, 1.807) is 11.1 Å². The Labute approximate surface area is 101 Å². The molecule has 0 bridgehead atoms. The number of amides is 2. The van der Waals surface area contributed by atoms with Crippen LogP contribution >= 0.6 is 0 Å². The van der Waals surface area contributed by atoms with Gasteiger partial charge in [-0.05, 0) is 19.8 Å². The van der Waals surface area contributed by atoms with E-state index in [1.807, 2.05) is 6.20 Å². The third kappa shape index (κ3) is 2.97. The van der Waals surface area contributed by atoms with Crippen molar-refractivity contribution in [3.05, 3.63) is 18.2 Å². The molecule has 1 aliphatic heterocycles. The number of carbonyl (C=O) groups excluding carboxylic acids is 1. The quantitative estimate of drug-likeness (QED) is 0.719. The fourth-order valence-corrected chi connectivity index (χ4v) is 2.21. The molecule has 17 heavy (non-hydrogen) atoms. The highest BCUT2D eigenvalue weighted by atomic mass is 16.2. The van der Waals surface area contributed by atoms with E-state index in [1.165, 1.54) is 0 Å². The number of aromatic nitrogens is 2. The van der Waals surface area contributed by atoms with Gasteiger partial charge in [0.25, 0.3) is 0 Å².